The Morgan fingerprint density at radius 3 is 2.29 bits per heavy atom. The van der Waals surface area contributed by atoms with E-state index in [1.807, 2.05) is 6.07 Å². The van der Waals surface area contributed by atoms with E-state index in [1.54, 1.807) is 12.1 Å². The van der Waals surface area contributed by atoms with Gasteiger partial charge in [0.2, 0.25) is 0 Å². The molecule has 0 amide bonds. The molecule has 90 valence electrons. The Morgan fingerprint density at radius 1 is 1.06 bits per heavy atom. The van der Waals surface area contributed by atoms with Crippen molar-refractivity contribution < 1.29 is 4.39 Å². The van der Waals surface area contributed by atoms with Crippen LogP contribution in [-0.2, 0) is 0 Å². The smallest absolute Gasteiger partial charge is 0.147 e. The molecule has 0 atom stereocenters. The number of benzene rings is 1. The Hall–Kier alpha value is -1.56. The summed E-state index contributed by atoms with van der Waals surface area (Å²) in [6.45, 7) is 1.84. The molecule has 0 bridgehead atoms. The van der Waals surface area contributed by atoms with E-state index in [1.165, 1.54) is 25.3 Å². The summed E-state index contributed by atoms with van der Waals surface area (Å²) >= 11 is 0. The van der Waals surface area contributed by atoms with E-state index in [0.29, 0.717) is 11.3 Å². The van der Waals surface area contributed by atoms with Crippen molar-refractivity contribution in [3.63, 3.8) is 0 Å². The number of anilines is 1. The molecule has 1 aliphatic heterocycles. The Morgan fingerprint density at radius 2 is 1.71 bits per heavy atom. The number of halogens is 1. The van der Waals surface area contributed by atoms with E-state index in [9.17, 15) is 4.39 Å². The highest BCUT2D eigenvalue weighted by Gasteiger charge is 2.13. The fourth-order valence-electron chi connectivity index (χ4n) is 2.32. The highest BCUT2D eigenvalue weighted by atomic mass is 19.1. The fourth-order valence-corrected chi connectivity index (χ4v) is 2.32. The van der Waals surface area contributed by atoms with E-state index in [0.717, 1.165) is 25.9 Å². The standard InChI is InChI=1S/C14H17FN2/c15-13-10-12(11-16)6-7-14(13)17-8-4-2-1-3-5-9-17/h6-7,10H,1-5,8-9H2. The lowest BCUT2D eigenvalue weighted by Crippen LogP contribution is -2.27. The summed E-state index contributed by atoms with van der Waals surface area (Å²) in [6, 6.07) is 6.71. The van der Waals surface area contributed by atoms with Gasteiger partial charge in [0.15, 0.2) is 0 Å². The number of nitriles is 1. The van der Waals surface area contributed by atoms with Crippen LogP contribution in [0, 0.1) is 17.1 Å². The third-order valence-electron chi connectivity index (χ3n) is 3.27. The molecule has 2 rings (SSSR count). The number of nitrogens with zero attached hydrogens (tertiary/aromatic N) is 2. The van der Waals surface area contributed by atoms with Gasteiger partial charge in [0.25, 0.3) is 0 Å². The molecule has 1 heterocycles. The maximum absolute atomic E-state index is 13.9. The van der Waals surface area contributed by atoms with Crippen molar-refractivity contribution in [3.8, 4) is 6.07 Å². The summed E-state index contributed by atoms with van der Waals surface area (Å²) in [5.41, 5.74) is 1.03. The predicted octanol–water partition coefficient (Wildman–Crippen LogP) is 3.47. The SMILES string of the molecule is N#Cc1ccc(N2CCCCCCC2)c(F)c1. The molecule has 1 aromatic rings. The van der Waals surface area contributed by atoms with Crippen LogP contribution in [0.2, 0.25) is 0 Å². The number of hydrogen-bond acceptors (Lipinski definition) is 2. The minimum atomic E-state index is -0.273. The van der Waals surface area contributed by atoms with Gasteiger partial charge < -0.3 is 4.90 Å². The van der Waals surface area contributed by atoms with Crippen LogP contribution in [0.25, 0.3) is 0 Å². The summed E-state index contributed by atoms with van der Waals surface area (Å²) in [6.07, 6.45) is 6.01. The lowest BCUT2D eigenvalue weighted by atomic mass is 10.1. The lowest BCUT2D eigenvalue weighted by molar-refractivity contribution is 0.545. The van der Waals surface area contributed by atoms with Crippen LogP contribution in [0.15, 0.2) is 18.2 Å². The molecule has 0 N–H and O–H groups in total. The lowest BCUT2D eigenvalue weighted by Gasteiger charge is -2.27. The zero-order chi connectivity index (χ0) is 12.1. The third kappa shape index (κ3) is 2.97. The maximum atomic E-state index is 13.9. The van der Waals surface area contributed by atoms with Gasteiger partial charge in [0.05, 0.1) is 17.3 Å². The molecule has 0 aliphatic carbocycles. The average molecular weight is 232 g/mol. The molecule has 1 aromatic carbocycles. The Labute approximate surface area is 102 Å². The van der Waals surface area contributed by atoms with Crippen molar-refractivity contribution in [1.82, 2.24) is 0 Å². The highest BCUT2D eigenvalue weighted by molar-refractivity contribution is 5.51. The fraction of sp³-hybridized carbons (Fsp3) is 0.500. The van der Waals surface area contributed by atoms with Crippen molar-refractivity contribution >= 4 is 5.69 Å². The van der Waals surface area contributed by atoms with Gasteiger partial charge in [-0.05, 0) is 31.0 Å². The molecule has 1 saturated heterocycles. The van der Waals surface area contributed by atoms with Crippen LogP contribution in [-0.4, -0.2) is 13.1 Å². The van der Waals surface area contributed by atoms with Gasteiger partial charge >= 0.3 is 0 Å². The van der Waals surface area contributed by atoms with Gasteiger partial charge in [0, 0.05) is 13.1 Å². The third-order valence-corrected chi connectivity index (χ3v) is 3.27. The highest BCUT2D eigenvalue weighted by Crippen LogP contribution is 2.23. The summed E-state index contributed by atoms with van der Waals surface area (Å²) in [5.74, 6) is -0.273. The largest absolute Gasteiger partial charge is 0.369 e. The molecule has 17 heavy (non-hydrogen) atoms. The quantitative estimate of drug-likeness (QED) is 0.741. The minimum Gasteiger partial charge on any atom is -0.369 e. The van der Waals surface area contributed by atoms with Crippen LogP contribution in [0.5, 0.6) is 0 Å². The second kappa shape index (κ2) is 5.67. The van der Waals surface area contributed by atoms with Crippen LogP contribution >= 0.6 is 0 Å². The monoisotopic (exact) mass is 232 g/mol. The molecule has 1 aliphatic rings. The van der Waals surface area contributed by atoms with Crippen molar-refractivity contribution in [1.29, 1.82) is 5.26 Å². The zero-order valence-corrected chi connectivity index (χ0v) is 9.95. The molecular weight excluding hydrogens is 215 g/mol. The molecule has 3 heteroatoms. The van der Waals surface area contributed by atoms with E-state index in [4.69, 9.17) is 5.26 Å². The maximum Gasteiger partial charge on any atom is 0.147 e. The first-order valence-electron chi connectivity index (χ1n) is 6.26. The van der Waals surface area contributed by atoms with E-state index in [-0.39, 0.29) is 5.82 Å². The number of rotatable bonds is 1. The van der Waals surface area contributed by atoms with Gasteiger partial charge in [-0.1, -0.05) is 19.3 Å². The summed E-state index contributed by atoms with van der Waals surface area (Å²) < 4.78 is 13.9. The zero-order valence-electron chi connectivity index (χ0n) is 9.95. The predicted molar refractivity (Wildman–Crippen MR) is 66.4 cm³/mol. The molecular formula is C14H17FN2. The van der Waals surface area contributed by atoms with Crippen LogP contribution in [0.4, 0.5) is 10.1 Å². The average Bonchev–Trinajstić information content (AvgIpc) is 2.29. The van der Waals surface area contributed by atoms with Crippen molar-refractivity contribution in [2.45, 2.75) is 32.1 Å². The van der Waals surface area contributed by atoms with Gasteiger partial charge in [0.1, 0.15) is 5.82 Å². The van der Waals surface area contributed by atoms with Crippen LogP contribution < -0.4 is 4.90 Å². The summed E-state index contributed by atoms with van der Waals surface area (Å²) in [5, 5.41) is 8.72. The minimum absolute atomic E-state index is 0.273. The second-order valence-electron chi connectivity index (χ2n) is 4.53. The Kier molecular flexibility index (Phi) is 3.98. The van der Waals surface area contributed by atoms with Crippen LogP contribution in [0.3, 0.4) is 0 Å². The molecule has 0 spiro atoms. The van der Waals surface area contributed by atoms with Gasteiger partial charge in [-0.15, -0.1) is 0 Å². The molecule has 1 fully saturated rings. The van der Waals surface area contributed by atoms with E-state index in [2.05, 4.69) is 4.90 Å². The topological polar surface area (TPSA) is 27.0 Å². The first-order valence-corrected chi connectivity index (χ1v) is 6.26. The molecule has 0 saturated carbocycles. The summed E-state index contributed by atoms with van der Waals surface area (Å²) in [4.78, 5) is 2.11. The number of hydrogen-bond donors (Lipinski definition) is 0. The van der Waals surface area contributed by atoms with Gasteiger partial charge in [-0.3, -0.25) is 0 Å². The van der Waals surface area contributed by atoms with Gasteiger partial charge in [-0.2, -0.15) is 5.26 Å². The van der Waals surface area contributed by atoms with Crippen LogP contribution in [0.1, 0.15) is 37.7 Å². The first-order chi connectivity index (χ1) is 8.31. The van der Waals surface area contributed by atoms with Crippen molar-refractivity contribution in [2.24, 2.45) is 0 Å². The van der Waals surface area contributed by atoms with E-state index < -0.39 is 0 Å². The molecule has 2 nitrogen and oxygen atoms in total. The second-order valence-corrected chi connectivity index (χ2v) is 4.53. The summed E-state index contributed by atoms with van der Waals surface area (Å²) in [7, 11) is 0. The van der Waals surface area contributed by atoms with Crippen molar-refractivity contribution in [2.75, 3.05) is 18.0 Å². The Bertz CT molecular complexity index is 415. The Balaban J connectivity index is 2.17. The molecule has 0 aromatic heterocycles. The normalized spacial score (nSPS) is 17.1. The van der Waals surface area contributed by atoms with E-state index >= 15 is 0 Å². The molecule has 0 radical (unpaired) electrons. The van der Waals surface area contributed by atoms with Crippen molar-refractivity contribution in [3.05, 3.63) is 29.6 Å². The molecule has 0 unspecified atom stereocenters. The first kappa shape index (κ1) is 11.9. The van der Waals surface area contributed by atoms with Gasteiger partial charge in [-0.25, -0.2) is 4.39 Å².